The van der Waals surface area contributed by atoms with Crippen molar-refractivity contribution in [2.75, 3.05) is 6.61 Å². The van der Waals surface area contributed by atoms with Crippen molar-refractivity contribution >= 4 is 11.9 Å². The minimum atomic E-state index is -1.94. The molecule has 8 heteroatoms. The fourth-order valence-corrected chi connectivity index (χ4v) is 8.09. The number of carbonyl (C=O) groups excluding carboxylic acids is 1. The Morgan fingerprint density at radius 2 is 2.06 bits per heavy atom. The molecule has 4 aliphatic carbocycles. The van der Waals surface area contributed by atoms with Crippen molar-refractivity contribution in [3.05, 3.63) is 23.0 Å². The Hall–Kier alpha value is -1.77. The van der Waals surface area contributed by atoms with Crippen LogP contribution in [0.25, 0.3) is 6.08 Å². The van der Waals surface area contributed by atoms with E-state index >= 15 is 4.39 Å². The van der Waals surface area contributed by atoms with Crippen LogP contribution in [0.15, 0.2) is 11.8 Å². The lowest BCUT2D eigenvalue weighted by molar-refractivity contribution is -0.226. The maximum Gasteiger partial charge on any atom is 0.190 e. The zero-order chi connectivity index (χ0) is 22.6. The second kappa shape index (κ2) is 6.17. The quantitative estimate of drug-likeness (QED) is 0.529. The number of fused-ring (bicyclic) bond motifs is 6. The molecule has 3 fully saturated rings. The molecule has 0 saturated heterocycles. The first-order valence-corrected chi connectivity index (χ1v) is 11.2. The van der Waals surface area contributed by atoms with Crippen LogP contribution >= 0.6 is 0 Å². The van der Waals surface area contributed by atoms with Gasteiger partial charge in [-0.3, -0.25) is 4.79 Å². The van der Waals surface area contributed by atoms with Gasteiger partial charge >= 0.3 is 0 Å². The molecule has 7 nitrogen and oxygen atoms in total. The van der Waals surface area contributed by atoms with Gasteiger partial charge in [0.25, 0.3) is 0 Å². The maximum absolute atomic E-state index is 17.3. The molecule has 8 atom stereocenters. The second-order valence-electron chi connectivity index (χ2n) is 10.8. The largest absolute Gasteiger partial charge is 0.412 e. The second-order valence-corrected chi connectivity index (χ2v) is 10.8. The molecule has 4 aliphatic rings. The smallest absolute Gasteiger partial charge is 0.190 e. The monoisotopic (exact) mass is 434 g/mol. The highest BCUT2D eigenvalue weighted by Crippen LogP contribution is 2.71. The number of hydrogen-bond acceptors (Lipinski definition) is 6. The topological polar surface area (TPSA) is 116 Å². The van der Waals surface area contributed by atoms with E-state index in [2.05, 4.69) is 5.10 Å². The molecule has 5 rings (SSSR count). The number of alkyl halides is 1. The average molecular weight is 435 g/mol. The summed E-state index contributed by atoms with van der Waals surface area (Å²) in [6, 6.07) is 0. The van der Waals surface area contributed by atoms with E-state index in [0.717, 1.165) is 16.0 Å². The molecule has 1 aromatic heterocycles. The number of nitrogens with zero attached hydrogens (tertiary/aromatic N) is 2. The number of rotatable bonds is 2. The van der Waals surface area contributed by atoms with Crippen molar-refractivity contribution < 1.29 is 29.7 Å². The fraction of sp³-hybridized carbons (Fsp3) is 0.739. The van der Waals surface area contributed by atoms with Gasteiger partial charge in [-0.15, -0.1) is 9.94 Å². The van der Waals surface area contributed by atoms with Gasteiger partial charge in [0.05, 0.1) is 18.0 Å². The van der Waals surface area contributed by atoms with Crippen molar-refractivity contribution in [1.82, 2.24) is 9.94 Å². The lowest BCUT2D eigenvalue weighted by atomic mass is 9.43. The number of ketones is 1. The number of aliphatic hydroxyl groups is 3. The van der Waals surface area contributed by atoms with Crippen LogP contribution < -0.4 is 0 Å². The molecule has 0 aliphatic heterocycles. The Morgan fingerprint density at radius 3 is 2.74 bits per heavy atom. The van der Waals surface area contributed by atoms with E-state index in [0.29, 0.717) is 31.4 Å². The highest BCUT2D eigenvalue weighted by Gasteiger charge is 2.75. The number of aromatic nitrogens is 2. The van der Waals surface area contributed by atoms with Crippen molar-refractivity contribution in [2.45, 2.75) is 70.2 Å². The van der Waals surface area contributed by atoms with Crippen LogP contribution in [0.5, 0.6) is 0 Å². The Bertz CT molecular complexity index is 993. The molecule has 0 unspecified atom stereocenters. The zero-order valence-corrected chi connectivity index (χ0v) is 18.2. The summed E-state index contributed by atoms with van der Waals surface area (Å²) >= 11 is 0. The van der Waals surface area contributed by atoms with Crippen molar-refractivity contribution in [1.29, 1.82) is 0 Å². The van der Waals surface area contributed by atoms with Gasteiger partial charge in [-0.25, -0.2) is 4.39 Å². The van der Waals surface area contributed by atoms with Crippen LogP contribution in [-0.2, 0) is 11.2 Å². The number of allylic oxidation sites excluding steroid dienone is 1. The Morgan fingerprint density at radius 1 is 1.35 bits per heavy atom. The summed E-state index contributed by atoms with van der Waals surface area (Å²) in [5, 5.41) is 46.2. The van der Waals surface area contributed by atoms with E-state index in [4.69, 9.17) is 0 Å². The van der Waals surface area contributed by atoms with Crippen molar-refractivity contribution in [3.63, 3.8) is 0 Å². The van der Waals surface area contributed by atoms with E-state index in [9.17, 15) is 25.3 Å². The van der Waals surface area contributed by atoms with Crippen LogP contribution in [-0.4, -0.2) is 60.2 Å². The molecule has 0 radical (unpaired) electrons. The Kier molecular flexibility index (Phi) is 4.20. The van der Waals surface area contributed by atoms with Gasteiger partial charge in [-0.1, -0.05) is 26.3 Å². The molecule has 0 aromatic carbocycles. The molecule has 1 heterocycles. The summed E-state index contributed by atoms with van der Waals surface area (Å²) in [7, 11) is 0. The number of Topliss-reactive ketones (excluding diaryl/α,β-unsaturated/α-hetero) is 1. The number of halogens is 1. The summed E-state index contributed by atoms with van der Waals surface area (Å²) in [5.41, 5.74) is -3.47. The lowest BCUT2D eigenvalue weighted by Gasteiger charge is -2.63. The maximum atomic E-state index is 17.3. The van der Waals surface area contributed by atoms with Gasteiger partial charge in [-0.2, -0.15) is 0 Å². The summed E-state index contributed by atoms with van der Waals surface area (Å²) in [4.78, 5) is 13.4. The third-order valence-electron chi connectivity index (χ3n) is 9.65. The predicted molar refractivity (Wildman–Crippen MR) is 109 cm³/mol. The SMILES string of the molecule is C[C@@H]1C[C@H]2[C@@H]3CCC4=Cc5nn(O)cc5C[C@]4(C)[C@@]3(F)[C@@H](O)C[C@]2(C)[C@@]1(O)C(=O)CO. The van der Waals surface area contributed by atoms with Crippen molar-refractivity contribution in [3.8, 4) is 0 Å². The molecule has 1 aromatic rings. The van der Waals surface area contributed by atoms with E-state index in [1.807, 2.05) is 13.0 Å². The van der Waals surface area contributed by atoms with Crippen LogP contribution in [0.4, 0.5) is 4.39 Å². The Balaban J connectivity index is 1.62. The molecule has 4 N–H and O–H groups in total. The first-order chi connectivity index (χ1) is 14.4. The van der Waals surface area contributed by atoms with E-state index in [1.165, 1.54) is 6.20 Å². The Labute approximate surface area is 180 Å². The van der Waals surface area contributed by atoms with E-state index in [-0.39, 0.29) is 12.3 Å². The highest BCUT2D eigenvalue weighted by molar-refractivity contribution is 5.90. The van der Waals surface area contributed by atoms with Gasteiger partial charge in [-0.05, 0) is 50.0 Å². The van der Waals surface area contributed by atoms with E-state index in [1.54, 1.807) is 13.8 Å². The molecule has 170 valence electrons. The standard InChI is InChI=1S/C23H31FN2O5/c1-12-6-16-15-5-4-14-7-17-13(10-26(31)25-17)8-20(14,2)22(15,24)18(28)9-21(16,3)23(12,30)19(29)11-27/h7,10,12,15-16,18,27-28,30-31H,4-6,8-9,11H2,1-3H3/t12-,15+,16+,18+,20+,21+,22+,23+/m1/s1. The molecular weight excluding hydrogens is 403 g/mol. The number of carbonyl (C=O) groups is 1. The summed E-state index contributed by atoms with van der Waals surface area (Å²) < 4.78 is 17.3. The van der Waals surface area contributed by atoms with Crippen molar-refractivity contribution in [2.24, 2.45) is 28.6 Å². The van der Waals surface area contributed by atoms with Crippen LogP contribution in [0.2, 0.25) is 0 Å². The molecule has 31 heavy (non-hydrogen) atoms. The first kappa shape index (κ1) is 21.1. The van der Waals surface area contributed by atoms with Gasteiger partial charge in [0.15, 0.2) is 5.78 Å². The average Bonchev–Trinajstić information content (AvgIpc) is 3.15. The van der Waals surface area contributed by atoms with Crippen LogP contribution in [0.3, 0.4) is 0 Å². The molecule has 0 bridgehead atoms. The molecular formula is C23H31FN2O5. The van der Waals surface area contributed by atoms with E-state index < -0.39 is 52.4 Å². The minimum absolute atomic E-state index is 0.0494. The van der Waals surface area contributed by atoms with Gasteiger partial charge in [0.2, 0.25) is 0 Å². The van der Waals surface area contributed by atoms with Gasteiger partial charge in [0.1, 0.15) is 17.9 Å². The first-order valence-electron chi connectivity index (χ1n) is 11.2. The van der Waals surface area contributed by atoms with Gasteiger partial charge in [0, 0.05) is 22.3 Å². The summed E-state index contributed by atoms with van der Waals surface area (Å²) in [6.07, 6.45) is 3.82. The van der Waals surface area contributed by atoms with Gasteiger partial charge < -0.3 is 20.5 Å². The molecule has 0 amide bonds. The number of hydrogen-bond donors (Lipinski definition) is 4. The molecule has 3 saturated carbocycles. The van der Waals surface area contributed by atoms with Crippen LogP contribution in [0, 0.1) is 28.6 Å². The minimum Gasteiger partial charge on any atom is -0.412 e. The summed E-state index contributed by atoms with van der Waals surface area (Å²) in [5.74, 6) is -1.91. The lowest BCUT2D eigenvalue weighted by Crippen LogP contribution is -2.70. The zero-order valence-electron chi connectivity index (χ0n) is 18.2. The number of aliphatic hydroxyl groups excluding tert-OH is 2. The third-order valence-corrected chi connectivity index (χ3v) is 9.65. The normalized spacial score (nSPS) is 48.3. The fourth-order valence-electron chi connectivity index (χ4n) is 8.09. The molecule has 0 spiro atoms. The summed E-state index contributed by atoms with van der Waals surface area (Å²) in [6.45, 7) is 4.63. The van der Waals surface area contributed by atoms with Crippen LogP contribution in [0.1, 0.15) is 57.7 Å². The third kappa shape index (κ3) is 2.23. The predicted octanol–water partition coefficient (Wildman–Crippen LogP) is 1.90. The highest BCUT2D eigenvalue weighted by atomic mass is 19.1.